The molecule has 0 bridgehead atoms. The SMILES string of the molecule is Cc1ccc(CNC(C)c2cc(F)cc(F)c2)o1. The Bertz CT molecular complexity index is 516. The quantitative estimate of drug-likeness (QED) is 0.896. The van der Waals surface area contributed by atoms with E-state index in [0.29, 0.717) is 12.1 Å². The van der Waals surface area contributed by atoms with Gasteiger partial charge >= 0.3 is 0 Å². The average molecular weight is 251 g/mol. The highest BCUT2D eigenvalue weighted by molar-refractivity contribution is 5.21. The predicted octanol–water partition coefficient (Wildman–Crippen LogP) is 3.72. The Morgan fingerprint density at radius 2 is 1.83 bits per heavy atom. The van der Waals surface area contributed by atoms with E-state index >= 15 is 0 Å². The molecule has 0 aliphatic rings. The van der Waals surface area contributed by atoms with Gasteiger partial charge in [0, 0.05) is 12.1 Å². The lowest BCUT2D eigenvalue weighted by molar-refractivity contribution is 0.443. The van der Waals surface area contributed by atoms with Crippen LogP contribution < -0.4 is 5.32 Å². The normalized spacial score (nSPS) is 12.7. The molecular weight excluding hydrogens is 236 g/mol. The van der Waals surface area contributed by atoms with Crippen LogP contribution in [0.3, 0.4) is 0 Å². The van der Waals surface area contributed by atoms with Crippen molar-refractivity contribution < 1.29 is 13.2 Å². The fourth-order valence-corrected chi connectivity index (χ4v) is 1.78. The van der Waals surface area contributed by atoms with Gasteiger partial charge in [-0.2, -0.15) is 0 Å². The fraction of sp³-hybridized carbons (Fsp3) is 0.286. The van der Waals surface area contributed by atoms with Crippen LogP contribution in [-0.2, 0) is 6.54 Å². The standard InChI is InChI=1S/C14H15F2NO/c1-9-3-4-14(18-9)8-17-10(2)11-5-12(15)7-13(16)6-11/h3-7,10,17H,8H2,1-2H3. The number of halogens is 2. The van der Waals surface area contributed by atoms with Crippen LogP contribution in [0, 0.1) is 18.6 Å². The van der Waals surface area contributed by atoms with Gasteiger partial charge in [-0.3, -0.25) is 0 Å². The first kappa shape index (κ1) is 12.8. The molecule has 96 valence electrons. The van der Waals surface area contributed by atoms with E-state index in [4.69, 9.17) is 4.42 Å². The first-order valence-corrected chi connectivity index (χ1v) is 5.79. The Labute approximate surface area is 105 Å². The Morgan fingerprint density at radius 1 is 1.17 bits per heavy atom. The minimum Gasteiger partial charge on any atom is -0.465 e. The van der Waals surface area contributed by atoms with Gasteiger partial charge in [0.1, 0.15) is 23.2 Å². The summed E-state index contributed by atoms with van der Waals surface area (Å²) in [6, 6.07) is 7.12. The van der Waals surface area contributed by atoms with Crippen molar-refractivity contribution in [3.8, 4) is 0 Å². The number of hydrogen-bond acceptors (Lipinski definition) is 2. The summed E-state index contributed by atoms with van der Waals surface area (Å²) >= 11 is 0. The molecule has 1 unspecified atom stereocenters. The molecule has 1 aromatic heterocycles. The van der Waals surface area contributed by atoms with Crippen LogP contribution in [-0.4, -0.2) is 0 Å². The Morgan fingerprint density at radius 3 is 2.39 bits per heavy atom. The van der Waals surface area contributed by atoms with Gasteiger partial charge in [-0.25, -0.2) is 8.78 Å². The molecule has 1 N–H and O–H groups in total. The summed E-state index contributed by atoms with van der Waals surface area (Å²) in [7, 11) is 0. The molecule has 1 atom stereocenters. The summed E-state index contributed by atoms with van der Waals surface area (Å²) in [4.78, 5) is 0. The molecule has 0 fully saturated rings. The summed E-state index contributed by atoms with van der Waals surface area (Å²) < 4.78 is 31.5. The van der Waals surface area contributed by atoms with Crippen LogP contribution in [0.15, 0.2) is 34.7 Å². The lowest BCUT2D eigenvalue weighted by Crippen LogP contribution is -2.18. The zero-order chi connectivity index (χ0) is 13.1. The zero-order valence-corrected chi connectivity index (χ0v) is 10.3. The van der Waals surface area contributed by atoms with Crippen molar-refractivity contribution in [2.24, 2.45) is 0 Å². The summed E-state index contributed by atoms with van der Waals surface area (Å²) in [5.74, 6) is 0.521. The summed E-state index contributed by atoms with van der Waals surface area (Å²) in [5.41, 5.74) is 0.579. The molecule has 2 rings (SSSR count). The third-order valence-electron chi connectivity index (χ3n) is 2.76. The minimum atomic E-state index is -0.563. The first-order valence-electron chi connectivity index (χ1n) is 5.79. The van der Waals surface area contributed by atoms with Crippen LogP contribution in [0.1, 0.15) is 30.0 Å². The van der Waals surface area contributed by atoms with Gasteiger partial charge < -0.3 is 9.73 Å². The Balaban J connectivity index is 2.01. The Hall–Kier alpha value is -1.68. The maximum atomic E-state index is 13.1. The zero-order valence-electron chi connectivity index (χ0n) is 10.3. The number of benzene rings is 1. The van der Waals surface area contributed by atoms with E-state index in [-0.39, 0.29) is 6.04 Å². The smallest absolute Gasteiger partial charge is 0.126 e. The second-order valence-electron chi connectivity index (χ2n) is 4.32. The maximum absolute atomic E-state index is 13.1. The van der Waals surface area contributed by atoms with Crippen molar-refractivity contribution >= 4 is 0 Å². The lowest BCUT2D eigenvalue weighted by atomic mass is 10.1. The molecule has 2 nitrogen and oxygen atoms in total. The molecule has 0 saturated carbocycles. The highest BCUT2D eigenvalue weighted by Gasteiger charge is 2.09. The molecule has 18 heavy (non-hydrogen) atoms. The molecule has 1 heterocycles. The second-order valence-corrected chi connectivity index (χ2v) is 4.32. The van der Waals surface area contributed by atoms with Gasteiger partial charge in [-0.1, -0.05) is 0 Å². The average Bonchev–Trinajstić information content (AvgIpc) is 2.70. The van der Waals surface area contributed by atoms with Crippen molar-refractivity contribution in [3.05, 3.63) is 59.1 Å². The predicted molar refractivity (Wildman–Crippen MR) is 65.1 cm³/mol. The number of nitrogens with one attached hydrogen (secondary N) is 1. The number of aryl methyl sites for hydroxylation is 1. The van der Waals surface area contributed by atoms with Gasteiger partial charge in [-0.15, -0.1) is 0 Å². The van der Waals surface area contributed by atoms with Crippen LogP contribution >= 0.6 is 0 Å². The first-order chi connectivity index (χ1) is 8.54. The van der Waals surface area contributed by atoms with Crippen molar-refractivity contribution in [1.82, 2.24) is 5.32 Å². The lowest BCUT2D eigenvalue weighted by Gasteiger charge is -2.13. The van der Waals surface area contributed by atoms with E-state index in [1.54, 1.807) is 0 Å². The van der Waals surface area contributed by atoms with Crippen LogP contribution in [0.5, 0.6) is 0 Å². The van der Waals surface area contributed by atoms with E-state index in [9.17, 15) is 8.78 Å². The molecule has 0 spiro atoms. The van der Waals surface area contributed by atoms with Gasteiger partial charge in [0.25, 0.3) is 0 Å². The van der Waals surface area contributed by atoms with E-state index in [1.807, 2.05) is 26.0 Å². The van der Waals surface area contributed by atoms with Crippen molar-refractivity contribution in [1.29, 1.82) is 0 Å². The monoisotopic (exact) mass is 251 g/mol. The summed E-state index contributed by atoms with van der Waals surface area (Å²) in [5, 5.41) is 3.16. The Kier molecular flexibility index (Phi) is 3.77. The molecular formula is C14H15F2NO. The van der Waals surface area contributed by atoms with E-state index in [2.05, 4.69) is 5.32 Å². The van der Waals surface area contributed by atoms with Crippen LogP contribution in [0.4, 0.5) is 8.78 Å². The van der Waals surface area contributed by atoms with Crippen LogP contribution in [0.25, 0.3) is 0 Å². The molecule has 4 heteroatoms. The van der Waals surface area contributed by atoms with E-state index in [1.165, 1.54) is 12.1 Å². The molecule has 1 aromatic carbocycles. The van der Waals surface area contributed by atoms with Gasteiger partial charge in [0.15, 0.2) is 0 Å². The topological polar surface area (TPSA) is 25.2 Å². The van der Waals surface area contributed by atoms with Crippen molar-refractivity contribution in [2.75, 3.05) is 0 Å². The number of furan rings is 1. The molecule has 0 radical (unpaired) electrons. The minimum absolute atomic E-state index is 0.152. The van der Waals surface area contributed by atoms with Gasteiger partial charge in [0.2, 0.25) is 0 Å². The van der Waals surface area contributed by atoms with Gasteiger partial charge in [-0.05, 0) is 43.7 Å². The van der Waals surface area contributed by atoms with E-state index < -0.39 is 11.6 Å². The third-order valence-corrected chi connectivity index (χ3v) is 2.76. The van der Waals surface area contributed by atoms with Crippen molar-refractivity contribution in [2.45, 2.75) is 26.4 Å². The number of rotatable bonds is 4. The molecule has 0 aliphatic carbocycles. The molecule has 0 saturated heterocycles. The highest BCUT2D eigenvalue weighted by atomic mass is 19.1. The third kappa shape index (κ3) is 3.17. The van der Waals surface area contributed by atoms with Crippen LogP contribution in [0.2, 0.25) is 0 Å². The maximum Gasteiger partial charge on any atom is 0.126 e. The van der Waals surface area contributed by atoms with Crippen molar-refractivity contribution in [3.63, 3.8) is 0 Å². The second kappa shape index (κ2) is 5.31. The molecule has 2 aromatic rings. The van der Waals surface area contributed by atoms with E-state index in [0.717, 1.165) is 17.6 Å². The summed E-state index contributed by atoms with van der Waals surface area (Å²) in [6.07, 6.45) is 0. The fourth-order valence-electron chi connectivity index (χ4n) is 1.78. The largest absolute Gasteiger partial charge is 0.465 e. The molecule has 0 amide bonds. The summed E-state index contributed by atoms with van der Waals surface area (Å²) in [6.45, 7) is 4.24. The molecule has 0 aliphatic heterocycles. The van der Waals surface area contributed by atoms with Gasteiger partial charge in [0.05, 0.1) is 6.54 Å². The highest BCUT2D eigenvalue weighted by Crippen LogP contribution is 2.17. The number of hydrogen-bond donors (Lipinski definition) is 1.